The van der Waals surface area contributed by atoms with E-state index in [1.54, 1.807) is 31.2 Å². The molecule has 0 saturated carbocycles. The number of esters is 1. The maximum Gasteiger partial charge on any atom is 0.308 e. The lowest BCUT2D eigenvalue weighted by molar-refractivity contribution is -0.143. The number of hydrogen-bond acceptors (Lipinski definition) is 4. The van der Waals surface area contributed by atoms with Gasteiger partial charge in [0.05, 0.1) is 35.7 Å². The van der Waals surface area contributed by atoms with Gasteiger partial charge in [0.1, 0.15) is 5.75 Å². The highest BCUT2D eigenvalue weighted by Gasteiger charge is 2.20. The number of carbonyl (C=O) groups is 2. The first-order chi connectivity index (χ1) is 12.9. The van der Waals surface area contributed by atoms with Gasteiger partial charge < -0.3 is 14.8 Å². The predicted octanol–water partition coefficient (Wildman–Crippen LogP) is 4.82. The average molecular weight is 410 g/mol. The van der Waals surface area contributed by atoms with E-state index in [0.29, 0.717) is 22.9 Å². The van der Waals surface area contributed by atoms with E-state index in [9.17, 15) is 9.59 Å². The summed E-state index contributed by atoms with van der Waals surface area (Å²) in [5, 5.41) is 3.50. The summed E-state index contributed by atoms with van der Waals surface area (Å²) in [6.45, 7) is 4.46. The Labute approximate surface area is 168 Å². The standard InChI is InChI=1S/C20H21Cl2NO4/c1-3-26-15-8-5-13(6-9-15)18(12-19(24)27-4-2)23-20(25)14-7-10-16(21)17(22)11-14/h5-11,18H,3-4,12H2,1-2H3,(H,23,25)/t18-/m1/s1. The molecule has 2 rings (SSSR count). The van der Waals surface area contributed by atoms with Crippen LogP contribution >= 0.6 is 23.2 Å². The maximum absolute atomic E-state index is 12.6. The number of benzene rings is 2. The number of ether oxygens (including phenoxy) is 2. The summed E-state index contributed by atoms with van der Waals surface area (Å²) in [4.78, 5) is 24.6. The van der Waals surface area contributed by atoms with Crippen LogP contribution in [-0.4, -0.2) is 25.1 Å². The quantitative estimate of drug-likeness (QED) is 0.634. The second-order valence-corrected chi connectivity index (χ2v) is 6.48. The monoisotopic (exact) mass is 409 g/mol. The van der Waals surface area contributed by atoms with Crippen molar-refractivity contribution < 1.29 is 19.1 Å². The van der Waals surface area contributed by atoms with Gasteiger partial charge >= 0.3 is 5.97 Å². The number of rotatable bonds is 8. The molecule has 1 atom stereocenters. The Morgan fingerprint density at radius 3 is 2.30 bits per heavy atom. The molecule has 1 amide bonds. The molecule has 0 aromatic heterocycles. The molecule has 0 aliphatic rings. The van der Waals surface area contributed by atoms with Crippen molar-refractivity contribution in [2.75, 3.05) is 13.2 Å². The molecule has 0 fully saturated rings. The highest BCUT2D eigenvalue weighted by atomic mass is 35.5. The molecular formula is C20H21Cl2NO4. The van der Waals surface area contributed by atoms with Crippen LogP contribution in [0.2, 0.25) is 10.0 Å². The molecule has 0 radical (unpaired) electrons. The van der Waals surface area contributed by atoms with E-state index in [2.05, 4.69) is 5.32 Å². The summed E-state index contributed by atoms with van der Waals surface area (Å²) < 4.78 is 10.5. The minimum atomic E-state index is -0.554. The van der Waals surface area contributed by atoms with Crippen molar-refractivity contribution in [3.05, 3.63) is 63.6 Å². The van der Waals surface area contributed by atoms with Gasteiger partial charge in [0.15, 0.2) is 0 Å². The Morgan fingerprint density at radius 2 is 1.70 bits per heavy atom. The van der Waals surface area contributed by atoms with Crippen molar-refractivity contribution in [3.8, 4) is 5.75 Å². The normalized spacial score (nSPS) is 11.6. The Balaban J connectivity index is 2.21. The molecular weight excluding hydrogens is 389 g/mol. The highest BCUT2D eigenvalue weighted by molar-refractivity contribution is 6.42. The first-order valence-electron chi connectivity index (χ1n) is 8.58. The third kappa shape index (κ3) is 6.15. The van der Waals surface area contributed by atoms with Gasteiger partial charge in [-0.3, -0.25) is 9.59 Å². The van der Waals surface area contributed by atoms with Crippen LogP contribution in [0.25, 0.3) is 0 Å². The summed E-state index contributed by atoms with van der Waals surface area (Å²) in [6, 6.07) is 11.3. The van der Waals surface area contributed by atoms with Crippen LogP contribution in [0.5, 0.6) is 5.75 Å². The number of hydrogen-bond donors (Lipinski definition) is 1. The second-order valence-electron chi connectivity index (χ2n) is 5.67. The third-order valence-electron chi connectivity index (χ3n) is 3.76. The third-order valence-corrected chi connectivity index (χ3v) is 4.50. The van der Waals surface area contributed by atoms with Crippen LogP contribution in [0.1, 0.15) is 42.2 Å². The Bertz CT molecular complexity index is 793. The van der Waals surface area contributed by atoms with Gasteiger partial charge in [0.25, 0.3) is 5.91 Å². The van der Waals surface area contributed by atoms with E-state index in [4.69, 9.17) is 32.7 Å². The molecule has 144 valence electrons. The van der Waals surface area contributed by atoms with Crippen molar-refractivity contribution in [1.29, 1.82) is 0 Å². The zero-order valence-corrected chi connectivity index (χ0v) is 16.6. The molecule has 0 aliphatic carbocycles. The van der Waals surface area contributed by atoms with Crippen LogP contribution in [0.3, 0.4) is 0 Å². The zero-order chi connectivity index (χ0) is 19.8. The Morgan fingerprint density at radius 1 is 1.00 bits per heavy atom. The summed E-state index contributed by atoms with van der Waals surface area (Å²) in [7, 11) is 0. The van der Waals surface area contributed by atoms with E-state index >= 15 is 0 Å². The van der Waals surface area contributed by atoms with E-state index < -0.39 is 12.0 Å². The molecule has 2 aromatic rings. The topological polar surface area (TPSA) is 64.6 Å². The summed E-state index contributed by atoms with van der Waals surface area (Å²) in [6.07, 6.45) is 0.00881. The Kier molecular flexibility index (Phi) is 7.95. The first kappa shape index (κ1) is 21.1. The largest absolute Gasteiger partial charge is 0.494 e. The fourth-order valence-electron chi connectivity index (χ4n) is 2.48. The summed E-state index contributed by atoms with van der Waals surface area (Å²) in [5.74, 6) is -0.0467. The minimum Gasteiger partial charge on any atom is -0.494 e. The molecule has 0 bridgehead atoms. The first-order valence-corrected chi connectivity index (χ1v) is 9.34. The van der Waals surface area contributed by atoms with Crippen LogP contribution in [0, 0.1) is 0 Å². The SMILES string of the molecule is CCOC(=O)C[C@@H](NC(=O)c1ccc(Cl)c(Cl)c1)c1ccc(OCC)cc1. The van der Waals surface area contributed by atoms with Crippen molar-refractivity contribution in [2.24, 2.45) is 0 Å². The lowest BCUT2D eigenvalue weighted by Gasteiger charge is -2.19. The van der Waals surface area contributed by atoms with Crippen LogP contribution < -0.4 is 10.1 Å². The van der Waals surface area contributed by atoms with Crippen molar-refractivity contribution in [2.45, 2.75) is 26.3 Å². The molecule has 0 unspecified atom stereocenters. The molecule has 1 N–H and O–H groups in total. The molecule has 7 heteroatoms. The number of nitrogens with one attached hydrogen (secondary N) is 1. The molecule has 0 heterocycles. The van der Waals surface area contributed by atoms with E-state index in [1.165, 1.54) is 6.07 Å². The van der Waals surface area contributed by atoms with Crippen molar-refractivity contribution in [3.63, 3.8) is 0 Å². The van der Waals surface area contributed by atoms with Crippen molar-refractivity contribution in [1.82, 2.24) is 5.32 Å². The molecule has 0 spiro atoms. The van der Waals surface area contributed by atoms with E-state index in [0.717, 1.165) is 5.56 Å². The summed E-state index contributed by atoms with van der Waals surface area (Å²) >= 11 is 11.9. The number of carbonyl (C=O) groups excluding carboxylic acids is 2. The average Bonchev–Trinajstić information content (AvgIpc) is 2.64. The lowest BCUT2D eigenvalue weighted by Crippen LogP contribution is -2.30. The fourth-order valence-corrected chi connectivity index (χ4v) is 2.78. The van der Waals surface area contributed by atoms with Gasteiger partial charge in [0, 0.05) is 5.56 Å². The molecule has 2 aromatic carbocycles. The summed E-state index contributed by atoms with van der Waals surface area (Å²) in [5.41, 5.74) is 1.11. The molecule has 5 nitrogen and oxygen atoms in total. The zero-order valence-electron chi connectivity index (χ0n) is 15.1. The molecule has 0 saturated heterocycles. The fraction of sp³-hybridized carbons (Fsp3) is 0.300. The van der Waals surface area contributed by atoms with Crippen LogP contribution in [0.15, 0.2) is 42.5 Å². The van der Waals surface area contributed by atoms with Gasteiger partial charge in [-0.2, -0.15) is 0 Å². The van der Waals surface area contributed by atoms with Gasteiger partial charge in [-0.05, 0) is 49.7 Å². The minimum absolute atomic E-state index is 0.00881. The van der Waals surface area contributed by atoms with Gasteiger partial charge in [-0.15, -0.1) is 0 Å². The van der Waals surface area contributed by atoms with Crippen molar-refractivity contribution >= 4 is 35.1 Å². The maximum atomic E-state index is 12.6. The van der Waals surface area contributed by atoms with E-state index in [1.807, 2.05) is 19.1 Å². The highest BCUT2D eigenvalue weighted by Crippen LogP contribution is 2.25. The van der Waals surface area contributed by atoms with Gasteiger partial charge in [-0.25, -0.2) is 0 Å². The lowest BCUT2D eigenvalue weighted by atomic mass is 10.0. The van der Waals surface area contributed by atoms with Gasteiger partial charge in [0.2, 0.25) is 0 Å². The van der Waals surface area contributed by atoms with E-state index in [-0.39, 0.29) is 24.0 Å². The smallest absolute Gasteiger partial charge is 0.308 e. The number of amides is 1. The van der Waals surface area contributed by atoms with Crippen LogP contribution in [-0.2, 0) is 9.53 Å². The van der Waals surface area contributed by atoms with Crippen LogP contribution in [0.4, 0.5) is 0 Å². The number of halogens is 2. The molecule has 0 aliphatic heterocycles. The second kappa shape index (κ2) is 10.2. The predicted molar refractivity (Wildman–Crippen MR) is 106 cm³/mol. The molecule has 27 heavy (non-hydrogen) atoms. The Hall–Kier alpha value is -2.24. The van der Waals surface area contributed by atoms with Gasteiger partial charge in [-0.1, -0.05) is 35.3 Å².